The molecule has 720 valence electrons. The Bertz CT molecular complexity index is 5290. The predicted molar refractivity (Wildman–Crippen MR) is 468 cm³/mol. The third-order valence-corrected chi connectivity index (χ3v) is 24.0. The number of aromatic nitrogens is 6. The quantitative estimate of drug-likeness (QED) is 0.0476. The monoisotopic (exact) mass is 1940 g/mol. The molecular weight excluding hydrogens is 1830 g/mol. The summed E-state index contributed by atoms with van der Waals surface area (Å²) in [5.41, 5.74) is 9.25. The van der Waals surface area contributed by atoms with Gasteiger partial charge in [-0.3, -0.25) is 0 Å². The zero-order chi connectivity index (χ0) is 95.1. The van der Waals surface area contributed by atoms with Crippen LogP contribution in [0.4, 0.5) is 0 Å². The number of aromatic amines is 6. The minimum atomic E-state index is -1.48. The number of para-hydroxylation sites is 2. The molecule has 12 heterocycles. The average molecular weight is 1940 g/mol. The van der Waals surface area contributed by atoms with Gasteiger partial charge in [0.15, 0.2) is 0 Å². The van der Waals surface area contributed by atoms with E-state index in [1.807, 2.05) is 119 Å². The van der Waals surface area contributed by atoms with Crippen molar-refractivity contribution in [2.45, 2.75) is 212 Å². The first-order valence-electron chi connectivity index (χ1n) is 41.7. The molecule has 6 fully saturated rings. The van der Waals surface area contributed by atoms with Gasteiger partial charge in [0.25, 0.3) is 0 Å². The highest BCUT2D eigenvalue weighted by Crippen LogP contribution is 2.40. The van der Waals surface area contributed by atoms with Crippen LogP contribution in [-0.4, -0.2) is 376 Å². The van der Waals surface area contributed by atoms with Crippen molar-refractivity contribution in [1.82, 2.24) is 29.9 Å². The van der Waals surface area contributed by atoms with Crippen molar-refractivity contribution in [3.05, 3.63) is 178 Å². The standard InChI is InChI=1S/4C15H19NO6.C14H16BrNO6.C14H16ClNO6/c2*1-7-2-3-9-8(4-7)10(5-16-9)21-15-14(20)13(19)12(18)11(6-17)22-15;2*1-7-2-3-8-9(4-7)16-5-10(8)21-15-14(20)13(19)12(18)11(6-17)22-15;2*15-7-3-1-2-6-8(4-16-10(6)7)21-14-13(20)12(19)11(18)9(5-17)22-14/h4*2-5,11-20H,6H2,1H3;2*1-4,9,11-14,16-20H,5H2/t4*11?,12-,13+,14?,15-;2*9?,11-,12+,13?,14-/m111111/s1. The zero-order valence-electron chi connectivity index (χ0n) is 70.8. The Balaban J connectivity index is 0.000000135. The summed E-state index contributed by atoms with van der Waals surface area (Å²) in [6, 6.07) is 33.9. The van der Waals surface area contributed by atoms with Gasteiger partial charge in [-0.25, -0.2) is 0 Å². The first kappa shape index (κ1) is 100. The van der Waals surface area contributed by atoms with Crippen molar-refractivity contribution < 1.29 is 179 Å². The summed E-state index contributed by atoms with van der Waals surface area (Å²) in [5.74, 6) is 2.65. The molecule has 42 nitrogen and oxygen atoms in total. The van der Waals surface area contributed by atoms with E-state index in [1.54, 1.807) is 55.4 Å². The number of aliphatic hydroxyl groups excluding tert-OH is 24. The van der Waals surface area contributed by atoms with Gasteiger partial charge in [-0.05, 0) is 128 Å². The van der Waals surface area contributed by atoms with Gasteiger partial charge >= 0.3 is 0 Å². The Labute approximate surface area is 762 Å². The molecule has 0 radical (unpaired) electrons. The lowest BCUT2D eigenvalue weighted by molar-refractivity contribution is -0.277. The van der Waals surface area contributed by atoms with E-state index in [4.69, 9.17) is 73.5 Å². The Morgan fingerprint density at radius 2 is 0.492 bits per heavy atom. The molecule has 6 saturated heterocycles. The maximum Gasteiger partial charge on any atom is 0.229 e. The molecule has 6 aliphatic rings. The number of hydrogen-bond acceptors (Lipinski definition) is 36. The Morgan fingerprint density at radius 1 is 0.258 bits per heavy atom. The number of nitrogens with one attached hydrogen (secondary N) is 6. The maximum absolute atomic E-state index is 9.99. The maximum atomic E-state index is 9.99. The second-order valence-corrected chi connectivity index (χ2v) is 33.6. The number of rotatable bonds is 18. The minimum Gasteiger partial charge on any atom is -0.460 e. The third-order valence-electron chi connectivity index (χ3n) is 23.0. The van der Waals surface area contributed by atoms with Gasteiger partial charge in [-0.2, -0.15) is 0 Å². The summed E-state index contributed by atoms with van der Waals surface area (Å²) < 4.78 is 66.6. The minimum absolute atomic E-state index is 0.377. The molecule has 6 aliphatic heterocycles. The molecule has 0 amide bonds. The molecule has 0 saturated carbocycles. The van der Waals surface area contributed by atoms with Crippen LogP contribution in [0.3, 0.4) is 0 Å². The van der Waals surface area contributed by atoms with Crippen molar-refractivity contribution in [1.29, 1.82) is 0 Å². The van der Waals surface area contributed by atoms with Crippen LogP contribution in [-0.2, 0) is 28.4 Å². The van der Waals surface area contributed by atoms with Gasteiger partial charge < -0.3 is 209 Å². The van der Waals surface area contributed by atoms with Crippen molar-refractivity contribution in [2.75, 3.05) is 39.6 Å². The van der Waals surface area contributed by atoms with Crippen LogP contribution < -0.4 is 28.4 Å². The van der Waals surface area contributed by atoms with Gasteiger partial charge in [0.1, 0.15) is 181 Å². The van der Waals surface area contributed by atoms with E-state index in [0.29, 0.717) is 50.4 Å². The Hall–Kier alpha value is -9.07. The van der Waals surface area contributed by atoms with Crippen LogP contribution in [0.2, 0.25) is 5.02 Å². The van der Waals surface area contributed by atoms with Crippen molar-refractivity contribution >= 4 is 92.9 Å². The van der Waals surface area contributed by atoms with E-state index in [9.17, 15) is 117 Å². The summed E-state index contributed by atoms with van der Waals surface area (Å²) in [4.78, 5) is 18.2. The molecule has 12 aromatic rings. The lowest BCUT2D eigenvalue weighted by atomic mass is 9.99. The topological polar surface area (TPSA) is 691 Å². The van der Waals surface area contributed by atoms with Gasteiger partial charge in [-0.1, -0.05) is 59.1 Å². The molecule has 12 unspecified atom stereocenters. The number of hydrogen-bond donors (Lipinski definition) is 30. The highest BCUT2D eigenvalue weighted by Gasteiger charge is 2.51. The molecule has 0 bridgehead atoms. The van der Waals surface area contributed by atoms with E-state index in [0.717, 1.165) is 81.2 Å². The largest absolute Gasteiger partial charge is 0.460 e. The average Bonchev–Trinajstić information content (AvgIpc) is 1.67. The molecule has 0 spiro atoms. The lowest BCUT2D eigenvalue weighted by Gasteiger charge is -2.39. The SMILES string of the molecule is Cc1ccc2[nH]cc(O[C@@H]3OC(CO)[C@@H](O)[C@H](O)C3O)c2c1.Cc1ccc2[nH]cc(O[C@@H]3OC(CO)[C@@H](O)[C@H](O)C3O)c2c1.Cc1ccc2c(O[C@@H]3OC(CO)[C@@H](O)[C@H](O)C3O)c[nH]c2c1.Cc1ccc2c(O[C@@H]3OC(CO)[C@@H](O)[C@H](O)C3O)c[nH]c2c1.OCC1O[C@@H](Oc2c[nH]c3c(Br)cccc23)C(O)[C@@H](O)[C@@H]1O.OCC1O[C@@H](Oc2c[nH]c3c(Cl)cccc23)C(O)[C@@H](O)[C@@H]1O. The number of aliphatic hydroxyl groups is 24. The molecule has 30 N–H and O–H groups in total. The molecular formula is C88H108BrClN6O36. The number of ether oxygens (including phenoxy) is 12. The summed E-state index contributed by atoms with van der Waals surface area (Å²) in [7, 11) is 0. The fourth-order valence-electron chi connectivity index (χ4n) is 15.4. The van der Waals surface area contributed by atoms with E-state index in [2.05, 4.69) is 45.8 Å². The zero-order valence-corrected chi connectivity index (χ0v) is 73.1. The van der Waals surface area contributed by atoms with E-state index < -0.39 is 224 Å². The van der Waals surface area contributed by atoms with Crippen molar-refractivity contribution in [3.63, 3.8) is 0 Å². The molecule has 6 aromatic heterocycles. The number of fused-ring (bicyclic) bond motifs is 6. The summed E-state index contributed by atoms with van der Waals surface area (Å²) in [6.45, 7) is 4.88. The first-order chi connectivity index (χ1) is 63.1. The van der Waals surface area contributed by atoms with E-state index in [-0.39, 0.29) is 0 Å². The first-order valence-corrected chi connectivity index (χ1v) is 42.9. The Morgan fingerprint density at radius 3 is 0.788 bits per heavy atom. The fraction of sp³-hybridized carbons (Fsp3) is 0.455. The highest BCUT2D eigenvalue weighted by molar-refractivity contribution is 9.10. The number of aryl methyl sites for hydroxylation is 4. The molecule has 0 aliphatic carbocycles. The van der Waals surface area contributed by atoms with Gasteiger partial charge in [0.2, 0.25) is 37.7 Å². The van der Waals surface area contributed by atoms with Gasteiger partial charge in [0, 0.05) is 96.0 Å². The Kier molecular flexibility index (Phi) is 33.6. The molecule has 18 rings (SSSR count). The van der Waals surface area contributed by atoms with Crippen molar-refractivity contribution in [3.8, 4) is 34.5 Å². The molecule has 132 heavy (non-hydrogen) atoms. The summed E-state index contributed by atoms with van der Waals surface area (Å²) in [6.07, 6.45) is -29.2. The number of H-pyrrole nitrogens is 6. The highest BCUT2D eigenvalue weighted by atomic mass is 79.9. The smallest absolute Gasteiger partial charge is 0.229 e. The molecule has 44 heteroatoms. The number of halogens is 2. The van der Waals surface area contributed by atoms with Crippen LogP contribution in [0.25, 0.3) is 65.4 Å². The lowest BCUT2D eigenvalue weighted by Crippen LogP contribution is -2.60. The second-order valence-electron chi connectivity index (χ2n) is 32.3. The molecule has 6 aromatic carbocycles. The van der Waals surface area contributed by atoms with Crippen LogP contribution in [0.5, 0.6) is 34.5 Å². The van der Waals surface area contributed by atoms with Gasteiger partial charge in [-0.15, -0.1) is 0 Å². The molecule has 30 atom stereocenters. The summed E-state index contributed by atoms with van der Waals surface area (Å²) in [5, 5.41) is 237. The summed E-state index contributed by atoms with van der Waals surface area (Å²) >= 11 is 9.47. The number of benzene rings is 6. The van der Waals surface area contributed by atoms with Crippen LogP contribution in [0.15, 0.2) is 151 Å². The van der Waals surface area contributed by atoms with Crippen molar-refractivity contribution in [2.24, 2.45) is 0 Å². The predicted octanol–water partition coefficient (Wildman–Crippen LogP) is -1.27. The normalized spacial score (nSPS) is 32.3. The van der Waals surface area contributed by atoms with Crippen LogP contribution in [0.1, 0.15) is 22.3 Å². The third kappa shape index (κ3) is 22.0. The van der Waals surface area contributed by atoms with Crippen LogP contribution >= 0.6 is 27.5 Å². The second kappa shape index (κ2) is 44.2. The van der Waals surface area contributed by atoms with E-state index >= 15 is 0 Å². The fourth-order valence-corrected chi connectivity index (χ4v) is 16.1. The van der Waals surface area contributed by atoms with E-state index in [1.165, 1.54) is 0 Å². The van der Waals surface area contributed by atoms with Gasteiger partial charge in [0.05, 0.1) is 55.7 Å². The van der Waals surface area contributed by atoms with Crippen LogP contribution in [0, 0.1) is 27.7 Å².